The SMILES string of the molecule is COC[C@@]12COC[C@@H]1CN(c1nc(N(C)C)ns1)C2. The molecule has 0 unspecified atom stereocenters. The maximum atomic E-state index is 5.65. The highest BCUT2D eigenvalue weighted by Gasteiger charge is 2.51. The smallest absolute Gasteiger partial charge is 0.238 e. The van der Waals surface area contributed by atoms with Crippen LogP contribution in [0.3, 0.4) is 0 Å². The lowest BCUT2D eigenvalue weighted by Crippen LogP contribution is -2.35. The number of hydrogen-bond acceptors (Lipinski definition) is 7. The molecule has 0 saturated carbocycles. The van der Waals surface area contributed by atoms with Gasteiger partial charge in [0.25, 0.3) is 0 Å². The van der Waals surface area contributed by atoms with Crippen LogP contribution >= 0.6 is 11.5 Å². The summed E-state index contributed by atoms with van der Waals surface area (Å²) < 4.78 is 15.4. The molecule has 3 heterocycles. The Morgan fingerprint density at radius 1 is 1.58 bits per heavy atom. The molecule has 2 aliphatic rings. The van der Waals surface area contributed by atoms with Crippen molar-refractivity contribution in [1.29, 1.82) is 0 Å². The molecule has 0 N–H and O–H groups in total. The fourth-order valence-electron chi connectivity index (χ4n) is 2.99. The third kappa shape index (κ3) is 2.19. The summed E-state index contributed by atoms with van der Waals surface area (Å²) in [4.78, 5) is 8.85. The maximum absolute atomic E-state index is 5.65. The van der Waals surface area contributed by atoms with Crippen molar-refractivity contribution >= 4 is 22.6 Å². The van der Waals surface area contributed by atoms with Gasteiger partial charge in [-0.25, -0.2) is 0 Å². The van der Waals surface area contributed by atoms with Gasteiger partial charge in [0, 0.05) is 57.2 Å². The lowest BCUT2D eigenvalue weighted by Gasteiger charge is -2.25. The standard InChI is InChI=1S/C12H20N4O2S/c1-15(2)10-13-11(19-14-10)16-4-9-5-18-8-12(9,6-16)7-17-3/h9H,4-8H2,1-3H3/t9-,12-/m0/s1. The number of fused-ring (bicyclic) bond motifs is 1. The Hall–Kier alpha value is -0.920. The largest absolute Gasteiger partial charge is 0.384 e. The average molecular weight is 284 g/mol. The van der Waals surface area contributed by atoms with Crippen LogP contribution in [0.2, 0.25) is 0 Å². The highest BCUT2D eigenvalue weighted by atomic mass is 32.1. The average Bonchev–Trinajstić information content (AvgIpc) is 2.99. The zero-order valence-corrected chi connectivity index (χ0v) is 12.4. The van der Waals surface area contributed by atoms with Crippen LogP contribution in [-0.4, -0.2) is 63.5 Å². The first-order valence-corrected chi connectivity index (χ1v) is 7.25. The number of rotatable bonds is 4. The van der Waals surface area contributed by atoms with Gasteiger partial charge in [-0.1, -0.05) is 0 Å². The summed E-state index contributed by atoms with van der Waals surface area (Å²) in [5.74, 6) is 1.33. The molecule has 0 aliphatic carbocycles. The predicted molar refractivity (Wildman–Crippen MR) is 75.1 cm³/mol. The molecule has 6 nitrogen and oxygen atoms in total. The summed E-state index contributed by atoms with van der Waals surface area (Å²) in [6.45, 7) is 4.33. The summed E-state index contributed by atoms with van der Waals surface area (Å²) in [5.41, 5.74) is 0.138. The Morgan fingerprint density at radius 3 is 3.11 bits per heavy atom. The van der Waals surface area contributed by atoms with Crippen molar-refractivity contribution in [3.8, 4) is 0 Å². The Morgan fingerprint density at radius 2 is 2.42 bits per heavy atom. The summed E-state index contributed by atoms with van der Waals surface area (Å²) in [5, 5.41) is 1.01. The molecule has 0 spiro atoms. The molecule has 2 aliphatic heterocycles. The normalized spacial score (nSPS) is 29.8. The molecule has 1 aromatic rings. The van der Waals surface area contributed by atoms with Crippen LogP contribution in [0.4, 0.5) is 11.1 Å². The van der Waals surface area contributed by atoms with Crippen molar-refractivity contribution in [3.05, 3.63) is 0 Å². The van der Waals surface area contributed by atoms with Gasteiger partial charge >= 0.3 is 0 Å². The Kier molecular flexibility index (Phi) is 3.36. The van der Waals surface area contributed by atoms with Crippen LogP contribution < -0.4 is 9.80 Å². The Bertz CT molecular complexity index is 453. The van der Waals surface area contributed by atoms with Gasteiger partial charge in [0.1, 0.15) is 0 Å². The van der Waals surface area contributed by atoms with Crippen LogP contribution in [0.1, 0.15) is 0 Å². The lowest BCUT2D eigenvalue weighted by molar-refractivity contribution is 0.0660. The van der Waals surface area contributed by atoms with Gasteiger partial charge in [0.2, 0.25) is 11.1 Å². The molecule has 7 heteroatoms. The highest BCUT2D eigenvalue weighted by molar-refractivity contribution is 7.09. The van der Waals surface area contributed by atoms with Crippen LogP contribution in [0.25, 0.3) is 0 Å². The lowest BCUT2D eigenvalue weighted by atomic mass is 9.82. The summed E-state index contributed by atoms with van der Waals surface area (Å²) in [7, 11) is 5.69. The second-order valence-corrected chi connectivity index (χ2v) is 6.39. The van der Waals surface area contributed by atoms with E-state index < -0.39 is 0 Å². The quantitative estimate of drug-likeness (QED) is 0.811. The third-order valence-electron chi connectivity index (χ3n) is 4.03. The molecule has 0 amide bonds. The molecule has 2 saturated heterocycles. The highest BCUT2D eigenvalue weighted by Crippen LogP contribution is 2.43. The molecule has 0 bridgehead atoms. The molecular weight excluding hydrogens is 264 g/mol. The van der Waals surface area contributed by atoms with Crippen LogP contribution in [0.5, 0.6) is 0 Å². The van der Waals surface area contributed by atoms with Crippen molar-refractivity contribution in [3.63, 3.8) is 0 Å². The molecule has 0 radical (unpaired) electrons. The first-order valence-electron chi connectivity index (χ1n) is 6.47. The number of ether oxygens (including phenoxy) is 2. The van der Waals surface area contributed by atoms with E-state index in [0.29, 0.717) is 5.92 Å². The summed E-state index contributed by atoms with van der Waals surface area (Å²) >= 11 is 1.47. The Balaban J connectivity index is 1.77. The van der Waals surface area contributed by atoms with E-state index in [-0.39, 0.29) is 5.41 Å². The van der Waals surface area contributed by atoms with Crippen molar-refractivity contribution in [2.45, 2.75) is 0 Å². The fraction of sp³-hybridized carbons (Fsp3) is 0.833. The van der Waals surface area contributed by atoms with Gasteiger partial charge in [-0.2, -0.15) is 9.36 Å². The molecule has 2 atom stereocenters. The van der Waals surface area contributed by atoms with Crippen LogP contribution in [0, 0.1) is 11.3 Å². The third-order valence-corrected chi connectivity index (χ3v) is 4.80. The van der Waals surface area contributed by atoms with Crippen molar-refractivity contribution in [1.82, 2.24) is 9.36 Å². The summed E-state index contributed by atoms with van der Waals surface area (Å²) in [6, 6.07) is 0. The molecule has 106 valence electrons. The van der Waals surface area contributed by atoms with Crippen molar-refractivity contribution in [2.75, 3.05) is 63.9 Å². The zero-order chi connectivity index (χ0) is 13.5. The Labute approximate surface area is 117 Å². The van der Waals surface area contributed by atoms with Gasteiger partial charge < -0.3 is 19.3 Å². The number of nitrogens with zero attached hydrogens (tertiary/aromatic N) is 4. The maximum Gasteiger partial charge on any atom is 0.238 e. The van der Waals surface area contributed by atoms with E-state index in [1.807, 2.05) is 19.0 Å². The van der Waals surface area contributed by atoms with Gasteiger partial charge in [-0.3, -0.25) is 0 Å². The van der Waals surface area contributed by atoms with Crippen molar-refractivity contribution < 1.29 is 9.47 Å². The number of aromatic nitrogens is 2. The molecule has 19 heavy (non-hydrogen) atoms. The van der Waals surface area contributed by atoms with E-state index in [4.69, 9.17) is 9.47 Å². The summed E-state index contributed by atoms with van der Waals surface area (Å²) in [6.07, 6.45) is 0. The minimum Gasteiger partial charge on any atom is -0.384 e. The number of hydrogen-bond donors (Lipinski definition) is 0. The van der Waals surface area contributed by atoms with E-state index >= 15 is 0 Å². The van der Waals surface area contributed by atoms with E-state index in [9.17, 15) is 0 Å². The predicted octanol–water partition coefficient (Wildman–Crippen LogP) is 0.703. The molecule has 2 fully saturated rings. The number of anilines is 2. The van der Waals surface area contributed by atoms with Gasteiger partial charge in [0.05, 0.1) is 19.8 Å². The van der Waals surface area contributed by atoms with Gasteiger partial charge in [-0.05, 0) is 0 Å². The van der Waals surface area contributed by atoms with Gasteiger partial charge in [-0.15, -0.1) is 0 Å². The second kappa shape index (κ2) is 4.88. The first kappa shape index (κ1) is 13.1. The minimum atomic E-state index is 0.138. The monoisotopic (exact) mass is 284 g/mol. The van der Waals surface area contributed by atoms with E-state index in [0.717, 1.165) is 44.0 Å². The first-order chi connectivity index (χ1) is 9.14. The van der Waals surface area contributed by atoms with Gasteiger partial charge in [0.15, 0.2) is 0 Å². The van der Waals surface area contributed by atoms with E-state index in [2.05, 4.69) is 14.3 Å². The van der Waals surface area contributed by atoms with Crippen LogP contribution in [-0.2, 0) is 9.47 Å². The fourth-order valence-corrected chi connectivity index (χ4v) is 3.73. The van der Waals surface area contributed by atoms with E-state index in [1.165, 1.54) is 11.5 Å². The molecular formula is C12H20N4O2S. The molecule has 0 aromatic carbocycles. The number of methoxy groups -OCH3 is 1. The molecule has 3 rings (SSSR count). The minimum absolute atomic E-state index is 0.138. The molecule has 1 aromatic heterocycles. The topological polar surface area (TPSA) is 50.7 Å². The van der Waals surface area contributed by atoms with Crippen LogP contribution in [0.15, 0.2) is 0 Å². The van der Waals surface area contributed by atoms with Crippen molar-refractivity contribution in [2.24, 2.45) is 11.3 Å². The second-order valence-electron chi connectivity index (χ2n) is 5.66. The van der Waals surface area contributed by atoms with E-state index in [1.54, 1.807) is 7.11 Å². The zero-order valence-electron chi connectivity index (χ0n) is 11.6.